The van der Waals surface area contributed by atoms with Gasteiger partial charge in [-0.05, 0) is 48.2 Å². The van der Waals surface area contributed by atoms with E-state index in [9.17, 15) is 14.3 Å². The summed E-state index contributed by atoms with van der Waals surface area (Å²) in [5.41, 5.74) is 1.42. The lowest BCUT2D eigenvalue weighted by atomic mass is 9.92. The molecule has 5 heteroatoms. The van der Waals surface area contributed by atoms with Crippen molar-refractivity contribution in [3.05, 3.63) is 68.9 Å². The highest BCUT2D eigenvalue weighted by molar-refractivity contribution is 9.10. The molecule has 1 atom stereocenters. The smallest absolute Gasteiger partial charge is 0.307 e. The SMILES string of the molecule is O=C(O)C(Cc1cc(F)cc(Br)c1)Cc1ccccc1Cl. The summed E-state index contributed by atoms with van der Waals surface area (Å²) in [6.07, 6.45) is 0.556. The molecule has 0 bridgehead atoms. The van der Waals surface area contributed by atoms with Crippen molar-refractivity contribution in [1.82, 2.24) is 0 Å². The molecule has 0 aliphatic rings. The fourth-order valence-corrected chi connectivity index (χ4v) is 2.92. The van der Waals surface area contributed by atoms with Crippen molar-refractivity contribution in [2.45, 2.75) is 12.8 Å². The first-order chi connectivity index (χ1) is 9.95. The molecule has 2 rings (SSSR count). The second-order valence-electron chi connectivity index (χ2n) is 4.81. The number of hydrogen-bond donors (Lipinski definition) is 1. The second kappa shape index (κ2) is 7.05. The first-order valence-electron chi connectivity index (χ1n) is 6.37. The molecule has 0 saturated heterocycles. The Labute approximate surface area is 135 Å². The third-order valence-corrected chi connectivity index (χ3v) is 4.00. The molecule has 0 saturated carbocycles. The van der Waals surface area contributed by atoms with Crippen LogP contribution in [0.4, 0.5) is 4.39 Å². The van der Waals surface area contributed by atoms with Crippen LogP contribution >= 0.6 is 27.5 Å². The number of aliphatic carboxylic acids is 1. The van der Waals surface area contributed by atoms with Gasteiger partial charge in [0.15, 0.2) is 0 Å². The quantitative estimate of drug-likeness (QED) is 0.825. The molecule has 0 aromatic heterocycles. The lowest BCUT2D eigenvalue weighted by Crippen LogP contribution is -2.19. The Kier molecular flexibility index (Phi) is 5.37. The van der Waals surface area contributed by atoms with Crippen molar-refractivity contribution in [3.63, 3.8) is 0 Å². The average molecular weight is 372 g/mol. The van der Waals surface area contributed by atoms with Crippen LogP contribution in [0.2, 0.25) is 5.02 Å². The van der Waals surface area contributed by atoms with Crippen molar-refractivity contribution in [2.75, 3.05) is 0 Å². The standard InChI is InChI=1S/C16H13BrClFO2/c17-13-6-10(7-14(19)9-13)5-12(16(20)21)8-11-3-1-2-4-15(11)18/h1-4,6-7,9,12H,5,8H2,(H,20,21). The normalized spacial score (nSPS) is 12.1. The van der Waals surface area contributed by atoms with Crippen LogP contribution in [0.15, 0.2) is 46.9 Å². The number of benzene rings is 2. The van der Waals surface area contributed by atoms with Crippen LogP contribution in [-0.2, 0) is 17.6 Å². The van der Waals surface area contributed by atoms with E-state index in [-0.39, 0.29) is 12.2 Å². The summed E-state index contributed by atoms with van der Waals surface area (Å²) in [6, 6.07) is 11.6. The van der Waals surface area contributed by atoms with Crippen molar-refractivity contribution < 1.29 is 14.3 Å². The minimum Gasteiger partial charge on any atom is -0.481 e. The summed E-state index contributed by atoms with van der Waals surface area (Å²) in [6.45, 7) is 0. The van der Waals surface area contributed by atoms with E-state index in [2.05, 4.69) is 15.9 Å². The molecule has 0 heterocycles. The first-order valence-corrected chi connectivity index (χ1v) is 7.54. The molecule has 0 aliphatic carbocycles. The van der Waals surface area contributed by atoms with Crippen molar-refractivity contribution in [1.29, 1.82) is 0 Å². The van der Waals surface area contributed by atoms with E-state index in [0.29, 0.717) is 21.5 Å². The van der Waals surface area contributed by atoms with E-state index in [4.69, 9.17) is 11.6 Å². The Morgan fingerprint density at radius 1 is 1.24 bits per heavy atom. The summed E-state index contributed by atoms with van der Waals surface area (Å²) < 4.78 is 14.0. The third kappa shape index (κ3) is 4.55. The highest BCUT2D eigenvalue weighted by Crippen LogP contribution is 2.23. The molecule has 2 aromatic carbocycles. The Morgan fingerprint density at radius 2 is 1.95 bits per heavy atom. The molecule has 110 valence electrons. The van der Waals surface area contributed by atoms with E-state index >= 15 is 0 Å². The number of carboxylic acid groups (broad SMARTS) is 1. The van der Waals surface area contributed by atoms with Crippen LogP contribution in [-0.4, -0.2) is 11.1 Å². The minimum absolute atomic E-state index is 0.247. The van der Waals surface area contributed by atoms with Gasteiger partial charge in [0.2, 0.25) is 0 Å². The van der Waals surface area contributed by atoms with E-state index in [1.165, 1.54) is 12.1 Å². The lowest BCUT2D eigenvalue weighted by molar-refractivity contribution is -0.141. The number of carboxylic acids is 1. The average Bonchev–Trinajstić information content (AvgIpc) is 2.39. The maximum Gasteiger partial charge on any atom is 0.307 e. The zero-order chi connectivity index (χ0) is 15.4. The summed E-state index contributed by atoms with van der Waals surface area (Å²) in [4.78, 5) is 11.4. The van der Waals surface area contributed by atoms with Gasteiger partial charge in [0.05, 0.1) is 5.92 Å². The Morgan fingerprint density at radius 3 is 2.57 bits per heavy atom. The van der Waals surface area contributed by atoms with E-state index in [0.717, 1.165) is 5.56 Å². The topological polar surface area (TPSA) is 37.3 Å². The van der Waals surface area contributed by atoms with Gasteiger partial charge in [0.25, 0.3) is 0 Å². The molecular formula is C16H13BrClFO2. The predicted molar refractivity (Wildman–Crippen MR) is 84.1 cm³/mol. The Hall–Kier alpha value is -1.39. The monoisotopic (exact) mass is 370 g/mol. The van der Waals surface area contributed by atoms with Gasteiger partial charge in [-0.15, -0.1) is 0 Å². The van der Waals surface area contributed by atoms with Crippen LogP contribution in [0.25, 0.3) is 0 Å². The Balaban J connectivity index is 2.20. The van der Waals surface area contributed by atoms with Gasteiger partial charge in [-0.2, -0.15) is 0 Å². The van der Waals surface area contributed by atoms with Gasteiger partial charge in [-0.1, -0.05) is 45.7 Å². The third-order valence-electron chi connectivity index (χ3n) is 3.18. The van der Waals surface area contributed by atoms with Crippen LogP contribution in [0.3, 0.4) is 0 Å². The van der Waals surface area contributed by atoms with Gasteiger partial charge >= 0.3 is 5.97 Å². The molecule has 0 spiro atoms. The van der Waals surface area contributed by atoms with E-state index in [1.807, 2.05) is 6.07 Å². The molecule has 2 nitrogen and oxygen atoms in total. The molecule has 0 fully saturated rings. The van der Waals surface area contributed by atoms with Crippen LogP contribution in [0.1, 0.15) is 11.1 Å². The van der Waals surface area contributed by atoms with E-state index < -0.39 is 11.9 Å². The number of hydrogen-bond acceptors (Lipinski definition) is 1. The maximum absolute atomic E-state index is 13.4. The van der Waals surface area contributed by atoms with Crippen LogP contribution < -0.4 is 0 Å². The van der Waals surface area contributed by atoms with Gasteiger partial charge in [0, 0.05) is 9.50 Å². The molecule has 2 aromatic rings. The summed E-state index contributed by atoms with van der Waals surface area (Å²) >= 11 is 9.28. The van der Waals surface area contributed by atoms with Crippen LogP contribution in [0, 0.1) is 11.7 Å². The van der Waals surface area contributed by atoms with Gasteiger partial charge < -0.3 is 5.11 Å². The van der Waals surface area contributed by atoms with Gasteiger partial charge in [0.1, 0.15) is 5.82 Å². The summed E-state index contributed by atoms with van der Waals surface area (Å²) in [5, 5.41) is 9.92. The predicted octanol–water partition coefficient (Wildman–Crippen LogP) is 4.73. The number of rotatable bonds is 5. The fraction of sp³-hybridized carbons (Fsp3) is 0.188. The molecule has 0 radical (unpaired) electrons. The zero-order valence-corrected chi connectivity index (χ0v) is 13.4. The Bertz CT molecular complexity index is 640. The molecule has 1 unspecified atom stereocenters. The summed E-state index contributed by atoms with van der Waals surface area (Å²) in [7, 11) is 0. The highest BCUT2D eigenvalue weighted by Gasteiger charge is 2.20. The zero-order valence-electron chi connectivity index (χ0n) is 11.0. The number of carbonyl (C=O) groups is 1. The first kappa shape index (κ1) is 16.0. The highest BCUT2D eigenvalue weighted by atomic mass is 79.9. The number of halogens is 3. The van der Waals surface area contributed by atoms with Gasteiger partial charge in [-0.25, -0.2) is 4.39 Å². The van der Waals surface area contributed by atoms with Crippen LogP contribution in [0.5, 0.6) is 0 Å². The minimum atomic E-state index is -0.921. The fourth-order valence-electron chi connectivity index (χ4n) is 2.19. The lowest BCUT2D eigenvalue weighted by Gasteiger charge is -2.14. The van der Waals surface area contributed by atoms with Crippen molar-refractivity contribution in [2.24, 2.45) is 5.92 Å². The van der Waals surface area contributed by atoms with E-state index in [1.54, 1.807) is 24.3 Å². The molecule has 0 amide bonds. The van der Waals surface area contributed by atoms with Crippen molar-refractivity contribution in [3.8, 4) is 0 Å². The van der Waals surface area contributed by atoms with Crippen molar-refractivity contribution >= 4 is 33.5 Å². The molecule has 0 aliphatic heterocycles. The second-order valence-corrected chi connectivity index (χ2v) is 6.14. The molecule has 1 N–H and O–H groups in total. The summed E-state index contributed by atoms with van der Waals surface area (Å²) in [5.74, 6) is -1.96. The molecular weight excluding hydrogens is 359 g/mol. The van der Waals surface area contributed by atoms with Gasteiger partial charge in [-0.3, -0.25) is 4.79 Å². The molecule has 21 heavy (non-hydrogen) atoms. The largest absolute Gasteiger partial charge is 0.481 e. The maximum atomic E-state index is 13.4.